The summed E-state index contributed by atoms with van der Waals surface area (Å²) in [4.78, 5) is 11.5. The van der Waals surface area contributed by atoms with Gasteiger partial charge >= 0.3 is 0 Å². The molecule has 0 amide bonds. The third kappa shape index (κ3) is 3.18. The van der Waals surface area contributed by atoms with Crippen LogP contribution in [0.15, 0.2) is 24.7 Å². The van der Waals surface area contributed by atoms with Gasteiger partial charge in [-0.3, -0.25) is 9.67 Å². The second-order valence-corrected chi connectivity index (χ2v) is 6.94. The lowest BCUT2D eigenvalue weighted by Gasteiger charge is -2.33. The van der Waals surface area contributed by atoms with Gasteiger partial charge in [0.25, 0.3) is 0 Å². The van der Waals surface area contributed by atoms with Crippen molar-refractivity contribution in [3.05, 3.63) is 47.7 Å². The average Bonchev–Trinajstić information content (AvgIpc) is 3.28. The first kappa shape index (κ1) is 16.7. The fourth-order valence-electron chi connectivity index (χ4n) is 3.61. The molecule has 8 nitrogen and oxygen atoms in total. The van der Waals surface area contributed by atoms with Crippen molar-refractivity contribution in [1.82, 2.24) is 34.5 Å². The molecule has 136 valence electrons. The van der Waals surface area contributed by atoms with Crippen LogP contribution in [-0.4, -0.2) is 47.6 Å². The molecule has 1 aliphatic heterocycles. The van der Waals surface area contributed by atoms with Crippen molar-refractivity contribution in [3.8, 4) is 0 Å². The van der Waals surface area contributed by atoms with E-state index in [-0.39, 0.29) is 0 Å². The Morgan fingerprint density at radius 2 is 2.12 bits per heavy atom. The van der Waals surface area contributed by atoms with Crippen molar-refractivity contribution in [2.75, 3.05) is 18.0 Å². The van der Waals surface area contributed by atoms with E-state index in [1.807, 2.05) is 44.0 Å². The third-order valence-corrected chi connectivity index (χ3v) is 5.00. The molecule has 1 aliphatic rings. The lowest BCUT2D eigenvalue weighted by molar-refractivity contribution is 0.474. The van der Waals surface area contributed by atoms with E-state index in [9.17, 15) is 0 Å². The highest BCUT2D eigenvalue weighted by atomic mass is 15.3. The molecule has 1 atom stereocenters. The van der Waals surface area contributed by atoms with Crippen LogP contribution in [0.25, 0.3) is 0 Å². The monoisotopic (exact) mass is 352 g/mol. The molecule has 0 saturated carbocycles. The largest absolute Gasteiger partial charge is 0.354 e. The zero-order chi connectivity index (χ0) is 18.1. The topological polar surface area (TPSA) is 77.5 Å². The molecule has 4 rings (SSSR count). The van der Waals surface area contributed by atoms with E-state index in [1.165, 1.54) is 0 Å². The van der Waals surface area contributed by atoms with Crippen LogP contribution in [0.1, 0.15) is 41.8 Å². The molecule has 0 aromatic carbocycles. The Morgan fingerprint density at radius 1 is 1.23 bits per heavy atom. The Morgan fingerprint density at radius 3 is 2.92 bits per heavy atom. The molecule has 8 heteroatoms. The number of aromatic nitrogens is 7. The third-order valence-electron chi connectivity index (χ3n) is 5.00. The van der Waals surface area contributed by atoms with Crippen LogP contribution in [0.2, 0.25) is 0 Å². The van der Waals surface area contributed by atoms with Gasteiger partial charge in [0.1, 0.15) is 18.2 Å². The lowest BCUT2D eigenvalue weighted by atomic mass is 9.97. The van der Waals surface area contributed by atoms with Gasteiger partial charge in [-0.2, -0.15) is 5.10 Å². The van der Waals surface area contributed by atoms with E-state index in [1.54, 1.807) is 6.20 Å². The van der Waals surface area contributed by atoms with Gasteiger partial charge in [0, 0.05) is 44.6 Å². The van der Waals surface area contributed by atoms with E-state index in [0.29, 0.717) is 12.5 Å². The summed E-state index contributed by atoms with van der Waals surface area (Å²) < 4.78 is 3.98. The SMILES string of the molecule is Cc1cnc(C)c(N2CCCC(c3nnc(Cn4cccn4)n3C)C2)n1. The first-order valence-corrected chi connectivity index (χ1v) is 9.02. The van der Waals surface area contributed by atoms with E-state index in [4.69, 9.17) is 4.98 Å². The first-order chi connectivity index (χ1) is 12.6. The summed E-state index contributed by atoms with van der Waals surface area (Å²) in [7, 11) is 2.05. The maximum Gasteiger partial charge on any atom is 0.154 e. The van der Waals surface area contributed by atoms with Crippen molar-refractivity contribution in [2.24, 2.45) is 7.05 Å². The summed E-state index contributed by atoms with van der Waals surface area (Å²) in [5, 5.41) is 13.2. The van der Waals surface area contributed by atoms with Crippen LogP contribution in [0.3, 0.4) is 0 Å². The molecular weight excluding hydrogens is 328 g/mol. The number of piperidine rings is 1. The number of nitrogens with zero attached hydrogens (tertiary/aromatic N) is 8. The molecule has 1 fully saturated rings. The van der Waals surface area contributed by atoms with E-state index in [0.717, 1.165) is 54.8 Å². The standard InChI is InChI=1S/C18H24N8/c1-13-10-19-14(2)17(21-13)25-8-4-6-15(11-25)18-23-22-16(24(18)3)12-26-9-5-7-20-26/h5,7,9-10,15H,4,6,8,11-12H2,1-3H3. The minimum absolute atomic E-state index is 0.342. The Labute approximate surface area is 152 Å². The number of anilines is 1. The number of hydrogen-bond donors (Lipinski definition) is 0. The van der Waals surface area contributed by atoms with Gasteiger partial charge in [0.2, 0.25) is 0 Å². The molecule has 0 radical (unpaired) electrons. The second kappa shape index (κ2) is 6.86. The van der Waals surface area contributed by atoms with E-state index < -0.39 is 0 Å². The molecule has 0 aliphatic carbocycles. The Kier molecular flexibility index (Phi) is 4.40. The number of hydrogen-bond acceptors (Lipinski definition) is 6. The van der Waals surface area contributed by atoms with Crippen molar-refractivity contribution >= 4 is 5.82 Å². The molecule has 3 aromatic rings. The Balaban J connectivity index is 1.55. The highest BCUT2D eigenvalue weighted by Gasteiger charge is 2.27. The van der Waals surface area contributed by atoms with Crippen LogP contribution in [-0.2, 0) is 13.6 Å². The van der Waals surface area contributed by atoms with Crippen LogP contribution < -0.4 is 4.90 Å². The summed E-state index contributed by atoms with van der Waals surface area (Å²) in [6.45, 7) is 6.55. The smallest absolute Gasteiger partial charge is 0.154 e. The summed E-state index contributed by atoms with van der Waals surface area (Å²) in [6.07, 6.45) is 7.77. The van der Waals surface area contributed by atoms with Crippen molar-refractivity contribution < 1.29 is 0 Å². The van der Waals surface area contributed by atoms with Crippen LogP contribution in [0.5, 0.6) is 0 Å². The normalized spacial score (nSPS) is 17.7. The summed E-state index contributed by atoms with van der Waals surface area (Å²) >= 11 is 0. The summed E-state index contributed by atoms with van der Waals surface area (Å²) in [5.74, 6) is 3.30. The molecule has 0 spiro atoms. The maximum atomic E-state index is 4.71. The van der Waals surface area contributed by atoms with Gasteiger partial charge in [0.15, 0.2) is 5.82 Å². The van der Waals surface area contributed by atoms with Crippen molar-refractivity contribution in [3.63, 3.8) is 0 Å². The molecule has 26 heavy (non-hydrogen) atoms. The molecule has 4 heterocycles. The predicted molar refractivity (Wildman–Crippen MR) is 98.0 cm³/mol. The minimum Gasteiger partial charge on any atom is -0.354 e. The van der Waals surface area contributed by atoms with Gasteiger partial charge in [-0.15, -0.1) is 10.2 Å². The average molecular weight is 352 g/mol. The lowest BCUT2D eigenvalue weighted by Crippen LogP contribution is -2.36. The van der Waals surface area contributed by atoms with Crippen LogP contribution in [0.4, 0.5) is 5.82 Å². The quantitative estimate of drug-likeness (QED) is 0.713. The van der Waals surface area contributed by atoms with Gasteiger partial charge in [-0.25, -0.2) is 4.98 Å². The highest BCUT2D eigenvalue weighted by Crippen LogP contribution is 2.29. The van der Waals surface area contributed by atoms with E-state index >= 15 is 0 Å². The highest BCUT2D eigenvalue weighted by molar-refractivity contribution is 5.44. The predicted octanol–water partition coefficient (Wildman–Crippen LogP) is 1.85. The van der Waals surface area contributed by atoms with Crippen molar-refractivity contribution in [2.45, 2.75) is 39.2 Å². The second-order valence-electron chi connectivity index (χ2n) is 6.94. The zero-order valence-electron chi connectivity index (χ0n) is 15.5. The van der Waals surface area contributed by atoms with Gasteiger partial charge in [0.05, 0.1) is 11.4 Å². The Hall–Kier alpha value is -2.77. The van der Waals surface area contributed by atoms with E-state index in [2.05, 4.69) is 29.7 Å². The molecule has 3 aromatic heterocycles. The van der Waals surface area contributed by atoms with Gasteiger partial charge < -0.3 is 9.47 Å². The fourth-order valence-corrected chi connectivity index (χ4v) is 3.61. The Bertz CT molecular complexity index is 883. The zero-order valence-corrected chi connectivity index (χ0v) is 15.5. The van der Waals surface area contributed by atoms with Crippen molar-refractivity contribution in [1.29, 1.82) is 0 Å². The number of aryl methyl sites for hydroxylation is 2. The minimum atomic E-state index is 0.342. The molecule has 1 unspecified atom stereocenters. The van der Waals surface area contributed by atoms with Crippen LogP contribution in [0, 0.1) is 13.8 Å². The molecule has 0 N–H and O–H groups in total. The fraction of sp³-hybridized carbons (Fsp3) is 0.500. The molecule has 0 bridgehead atoms. The van der Waals surface area contributed by atoms with Gasteiger partial charge in [-0.05, 0) is 32.8 Å². The maximum absolute atomic E-state index is 4.71. The first-order valence-electron chi connectivity index (χ1n) is 9.02. The molecular formula is C18H24N8. The number of rotatable bonds is 4. The summed E-state index contributed by atoms with van der Waals surface area (Å²) in [5.41, 5.74) is 1.93. The summed E-state index contributed by atoms with van der Waals surface area (Å²) in [6, 6.07) is 1.92. The molecule has 1 saturated heterocycles. The van der Waals surface area contributed by atoms with Gasteiger partial charge in [-0.1, -0.05) is 0 Å². The van der Waals surface area contributed by atoms with Crippen LogP contribution >= 0.6 is 0 Å².